The maximum Gasteiger partial charge on any atom is 0.411 e. The molecule has 0 heterocycles. The first-order valence-corrected chi connectivity index (χ1v) is 4.80. The highest BCUT2D eigenvalue weighted by Crippen LogP contribution is 2.14. The first-order chi connectivity index (χ1) is 7.14. The molecule has 0 saturated carbocycles. The van der Waals surface area contributed by atoms with Gasteiger partial charge in [-0.1, -0.05) is 19.6 Å². The molecule has 0 aromatic heterocycles. The Morgan fingerprint density at radius 1 is 1.47 bits per heavy atom. The van der Waals surface area contributed by atoms with Crippen LogP contribution < -0.4 is 5.32 Å². The van der Waals surface area contributed by atoms with Crippen molar-refractivity contribution >= 4 is 6.09 Å². The van der Waals surface area contributed by atoms with Gasteiger partial charge in [-0.25, -0.2) is 4.79 Å². The van der Waals surface area contributed by atoms with Crippen LogP contribution in [-0.2, 0) is 14.2 Å². The summed E-state index contributed by atoms with van der Waals surface area (Å²) in [5.41, 5.74) is 0. The van der Waals surface area contributed by atoms with Crippen LogP contribution in [-0.4, -0.2) is 32.8 Å². The van der Waals surface area contributed by atoms with Crippen molar-refractivity contribution < 1.29 is 19.0 Å². The molecule has 0 aliphatic carbocycles. The Morgan fingerprint density at radius 3 is 2.47 bits per heavy atom. The lowest BCUT2D eigenvalue weighted by molar-refractivity contribution is -0.225. The van der Waals surface area contributed by atoms with Crippen LogP contribution >= 0.6 is 0 Å². The van der Waals surface area contributed by atoms with Gasteiger partial charge < -0.3 is 14.2 Å². The zero-order valence-electron chi connectivity index (χ0n) is 9.54. The van der Waals surface area contributed by atoms with Gasteiger partial charge in [0.1, 0.15) is 6.61 Å². The average molecular weight is 217 g/mol. The van der Waals surface area contributed by atoms with Crippen molar-refractivity contribution in [1.82, 2.24) is 5.32 Å². The van der Waals surface area contributed by atoms with E-state index in [1.807, 2.05) is 6.92 Å². The summed E-state index contributed by atoms with van der Waals surface area (Å²) in [5.74, 6) is -1.10. The molecule has 0 aliphatic rings. The van der Waals surface area contributed by atoms with Crippen molar-refractivity contribution in [1.29, 1.82) is 0 Å². The molecule has 1 amide bonds. The quantitative estimate of drug-likeness (QED) is 0.520. The van der Waals surface area contributed by atoms with Gasteiger partial charge in [0.25, 0.3) is 5.91 Å². The van der Waals surface area contributed by atoms with Crippen LogP contribution in [0.2, 0.25) is 0 Å². The molecule has 0 aromatic carbocycles. The predicted octanol–water partition coefficient (Wildman–Crippen LogP) is 1.65. The van der Waals surface area contributed by atoms with Crippen molar-refractivity contribution in [3.8, 4) is 0 Å². The van der Waals surface area contributed by atoms with Crippen LogP contribution in [0.5, 0.6) is 0 Å². The van der Waals surface area contributed by atoms with Crippen LogP contribution in [0.1, 0.15) is 19.8 Å². The molecule has 0 atom stereocenters. The second-order valence-electron chi connectivity index (χ2n) is 2.92. The lowest BCUT2D eigenvalue weighted by atomic mass is 10.2. The van der Waals surface area contributed by atoms with Crippen LogP contribution in [0, 0.1) is 0 Å². The number of carbonyl (C=O) groups is 1. The van der Waals surface area contributed by atoms with Gasteiger partial charge >= 0.3 is 6.09 Å². The predicted molar refractivity (Wildman–Crippen MR) is 56.3 cm³/mol. The minimum atomic E-state index is -1.10. The molecule has 0 saturated heterocycles. The van der Waals surface area contributed by atoms with E-state index in [0.29, 0.717) is 6.42 Å². The van der Waals surface area contributed by atoms with E-state index < -0.39 is 12.0 Å². The van der Waals surface area contributed by atoms with Gasteiger partial charge in [0, 0.05) is 20.6 Å². The van der Waals surface area contributed by atoms with Crippen molar-refractivity contribution in [2.75, 3.05) is 20.8 Å². The molecule has 0 spiro atoms. The number of hydrogen-bond donors (Lipinski definition) is 1. The van der Waals surface area contributed by atoms with Crippen molar-refractivity contribution in [3.05, 3.63) is 12.7 Å². The van der Waals surface area contributed by atoms with E-state index in [-0.39, 0.29) is 6.61 Å². The van der Waals surface area contributed by atoms with Gasteiger partial charge in [0.2, 0.25) is 0 Å². The van der Waals surface area contributed by atoms with Gasteiger partial charge in [-0.3, -0.25) is 5.32 Å². The van der Waals surface area contributed by atoms with E-state index in [0.717, 1.165) is 6.42 Å². The smallest absolute Gasteiger partial charge is 0.411 e. The fourth-order valence-electron chi connectivity index (χ4n) is 1.11. The Hall–Kier alpha value is -1.07. The molecule has 0 bridgehead atoms. The Morgan fingerprint density at radius 2 is 2.07 bits per heavy atom. The van der Waals surface area contributed by atoms with E-state index in [1.54, 1.807) is 0 Å². The van der Waals surface area contributed by atoms with Crippen LogP contribution in [0.25, 0.3) is 0 Å². The lowest BCUT2D eigenvalue weighted by Crippen LogP contribution is -2.51. The van der Waals surface area contributed by atoms with Gasteiger partial charge in [-0.2, -0.15) is 0 Å². The number of methoxy groups -OCH3 is 2. The summed E-state index contributed by atoms with van der Waals surface area (Å²) in [6.45, 7) is 5.55. The summed E-state index contributed by atoms with van der Waals surface area (Å²) in [4.78, 5) is 11.3. The number of nitrogens with one attached hydrogen (secondary N) is 1. The minimum absolute atomic E-state index is 0.154. The Kier molecular flexibility index (Phi) is 6.73. The third-order valence-corrected chi connectivity index (χ3v) is 1.86. The van der Waals surface area contributed by atoms with E-state index in [9.17, 15) is 4.79 Å². The SMILES string of the molecule is C=CCOC(=O)NC(CCC)(OC)OC. The van der Waals surface area contributed by atoms with E-state index >= 15 is 0 Å². The summed E-state index contributed by atoms with van der Waals surface area (Å²) in [6.07, 6.45) is 2.25. The average Bonchev–Trinajstić information content (AvgIpc) is 2.25. The molecular weight excluding hydrogens is 198 g/mol. The zero-order chi connectivity index (χ0) is 11.7. The molecule has 88 valence electrons. The molecule has 5 heteroatoms. The fourth-order valence-corrected chi connectivity index (χ4v) is 1.11. The van der Waals surface area contributed by atoms with E-state index in [1.165, 1.54) is 20.3 Å². The Balaban J connectivity index is 4.25. The number of amides is 1. The molecule has 0 aliphatic heterocycles. The van der Waals surface area contributed by atoms with Crippen molar-refractivity contribution in [2.24, 2.45) is 0 Å². The molecule has 0 fully saturated rings. The van der Waals surface area contributed by atoms with E-state index in [2.05, 4.69) is 11.9 Å². The summed E-state index contributed by atoms with van der Waals surface area (Å²) >= 11 is 0. The number of carbonyl (C=O) groups excluding carboxylic acids is 1. The molecular formula is C10H19NO4. The van der Waals surface area contributed by atoms with Crippen molar-refractivity contribution in [3.63, 3.8) is 0 Å². The highest BCUT2D eigenvalue weighted by Gasteiger charge is 2.31. The van der Waals surface area contributed by atoms with Crippen LogP contribution in [0.3, 0.4) is 0 Å². The van der Waals surface area contributed by atoms with Gasteiger partial charge in [-0.15, -0.1) is 0 Å². The molecule has 0 rings (SSSR count). The lowest BCUT2D eigenvalue weighted by Gasteiger charge is -2.30. The topological polar surface area (TPSA) is 56.8 Å². The summed E-state index contributed by atoms with van der Waals surface area (Å²) < 4.78 is 15.0. The highest BCUT2D eigenvalue weighted by atomic mass is 16.7. The molecule has 0 radical (unpaired) electrons. The standard InChI is InChI=1S/C10H19NO4/c1-5-7-10(13-3,14-4)11-9(12)15-8-6-2/h6H,2,5,7-8H2,1,3-4H3,(H,11,12). The van der Waals surface area contributed by atoms with Crippen LogP contribution in [0.15, 0.2) is 12.7 Å². The maximum atomic E-state index is 11.3. The van der Waals surface area contributed by atoms with Gasteiger partial charge in [-0.05, 0) is 6.42 Å². The zero-order valence-corrected chi connectivity index (χ0v) is 9.54. The maximum absolute atomic E-state index is 11.3. The first-order valence-electron chi connectivity index (χ1n) is 4.80. The van der Waals surface area contributed by atoms with E-state index in [4.69, 9.17) is 14.2 Å². The van der Waals surface area contributed by atoms with Gasteiger partial charge in [0.15, 0.2) is 0 Å². The second kappa shape index (κ2) is 7.25. The van der Waals surface area contributed by atoms with Crippen molar-refractivity contribution in [2.45, 2.75) is 25.7 Å². The number of rotatable bonds is 7. The molecule has 15 heavy (non-hydrogen) atoms. The number of hydrogen-bond acceptors (Lipinski definition) is 4. The third kappa shape index (κ3) is 4.80. The Bertz CT molecular complexity index is 202. The first kappa shape index (κ1) is 13.9. The Labute approximate surface area is 90.4 Å². The fraction of sp³-hybridized carbons (Fsp3) is 0.700. The third-order valence-electron chi connectivity index (χ3n) is 1.86. The molecule has 0 unspecified atom stereocenters. The minimum Gasteiger partial charge on any atom is -0.445 e. The van der Waals surface area contributed by atoms with Gasteiger partial charge in [0.05, 0.1) is 0 Å². The highest BCUT2D eigenvalue weighted by molar-refractivity contribution is 5.67. The summed E-state index contributed by atoms with van der Waals surface area (Å²) in [6, 6.07) is 0. The van der Waals surface area contributed by atoms with Crippen LogP contribution in [0.4, 0.5) is 4.79 Å². The summed E-state index contributed by atoms with van der Waals surface area (Å²) in [5, 5.41) is 2.51. The largest absolute Gasteiger partial charge is 0.445 e. The number of ether oxygens (including phenoxy) is 3. The second-order valence-corrected chi connectivity index (χ2v) is 2.92. The molecule has 0 aromatic rings. The molecule has 1 N–H and O–H groups in total. The normalized spacial score (nSPS) is 10.9. The summed E-state index contributed by atoms with van der Waals surface area (Å²) in [7, 11) is 2.93. The molecule has 5 nitrogen and oxygen atoms in total. The monoisotopic (exact) mass is 217 g/mol. The number of alkyl carbamates (subject to hydrolysis) is 1.